The normalized spacial score (nSPS) is 11.0. The Labute approximate surface area is 242 Å². The highest BCUT2D eigenvalue weighted by atomic mass is 35.5. The van der Waals surface area contributed by atoms with Crippen molar-refractivity contribution >= 4 is 75.0 Å². The molecule has 2 N–H and O–H groups in total. The second-order valence-electron chi connectivity index (χ2n) is 7.90. The van der Waals surface area contributed by atoms with Gasteiger partial charge in [-0.15, -0.1) is 20.4 Å². The summed E-state index contributed by atoms with van der Waals surface area (Å²) in [5.41, 5.74) is 3.28. The number of nitrogens with one attached hydrogen (secondary N) is 2. The van der Waals surface area contributed by atoms with Crippen LogP contribution in [0.3, 0.4) is 0 Å². The van der Waals surface area contributed by atoms with E-state index in [4.69, 9.17) is 23.2 Å². The van der Waals surface area contributed by atoms with Crippen molar-refractivity contribution in [3.8, 4) is 5.69 Å². The molecule has 9 nitrogen and oxygen atoms in total. The molecule has 4 aromatic rings. The summed E-state index contributed by atoms with van der Waals surface area (Å²) in [4.78, 5) is 25.4. The van der Waals surface area contributed by atoms with Crippen molar-refractivity contribution in [2.45, 2.75) is 36.8 Å². The molecule has 0 radical (unpaired) electrons. The smallest absolute Gasteiger partial charge is 0.253 e. The van der Waals surface area contributed by atoms with E-state index in [-0.39, 0.29) is 29.1 Å². The number of halogens is 2. The Hall–Kier alpha value is -2.64. The van der Waals surface area contributed by atoms with E-state index in [0.717, 1.165) is 26.9 Å². The lowest BCUT2D eigenvalue weighted by Crippen LogP contribution is -2.25. The molecule has 0 saturated heterocycles. The molecule has 2 aromatic carbocycles. The molecule has 0 aliphatic rings. The number of hydrogen-bond donors (Lipinski definition) is 2. The van der Waals surface area contributed by atoms with Gasteiger partial charge in [-0.1, -0.05) is 77.1 Å². The number of carbonyl (C=O) groups excluding carboxylic acids is 2. The zero-order chi connectivity index (χ0) is 27.2. The van der Waals surface area contributed by atoms with Gasteiger partial charge in [0.05, 0.1) is 28.6 Å². The molecule has 0 aliphatic carbocycles. The molecule has 2 heterocycles. The Morgan fingerprint density at radius 3 is 2.63 bits per heavy atom. The van der Waals surface area contributed by atoms with Crippen LogP contribution in [0, 0.1) is 13.8 Å². The van der Waals surface area contributed by atoms with E-state index in [1.807, 2.05) is 43.5 Å². The minimum atomic E-state index is -0.367. The second kappa shape index (κ2) is 12.9. The minimum Gasteiger partial charge on any atom is -0.345 e. The summed E-state index contributed by atoms with van der Waals surface area (Å²) in [6.07, 6.45) is 0. The number of thioether (sulfide) groups is 2. The predicted molar refractivity (Wildman–Crippen MR) is 154 cm³/mol. The van der Waals surface area contributed by atoms with Crippen LogP contribution in [0.4, 0.5) is 5.13 Å². The van der Waals surface area contributed by atoms with Gasteiger partial charge in [-0.05, 0) is 55.0 Å². The van der Waals surface area contributed by atoms with Crippen LogP contribution in [-0.2, 0) is 11.3 Å². The first-order chi connectivity index (χ1) is 18.3. The van der Waals surface area contributed by atoms with Crippen molar-refractivity contribution in [1.29, 1.82) is 0 Å². The lowest BCUT2D eigenvalue weighted by molar-refractivity contribution is -0.113. The van der Waals surface area contributed by atoms with Crippen LogP contribution in [0.15, 0.2) is 45.9 Å². The van der Waals surface area contributed by atoms with Crippen LogP contribution in [0.1, 0.15) is 34.2 Å². The molecule has 0 bridgehead atoms. The number of anilines is 1. The lowest BCUT2D eigenvalue weighted by Gasteiger charge is -2.15. The Morgan fingerprint density at radius 1 is 1.05 bits per heavy atom. The number of hydrogen-bond acceptors (Lipinski definition) is 9. The fourth-order valence-corrected chi connectivity index (χ4v) is 6.31. The fourth-order valence-electron chi connectivity index (χ4n) is 3.38. The van der Waals surface area contributed by atoms with Gasteiger partial charge in [-0.2, -0.15) is 0 Å². The Balaban J connectivity index is 1.53. The summed E-state index contributed by atoms with van der Waals surface area (Å²) in [6.45, 7) is 6.14. The van der Waals surface area contributed by atoms with E-state index in [1.54, 1.807) is 23.9 Å². The van der Waals surface area contributed by atoms with Gasteiger partial charge in [0.2, 0.25) is 11.0 Å². The van der Waals surface area contributed by atoms with E-state index in [2.05, 4.69) is 31.0 Å². The molecule has 0 aliphatic heterocycles. The molecule has 0 atom stereocenters. The van der Waals surface area contributed by atoms with Crippen LogP contribution in [0.5, 0.6) is 0 Å². The van der Waals surface area contributed by atoms with Crippen molar-refractivity contribution in [1.82, 2.24) is 30.3 Å². The topological polar surface area (TPSA) is 115 Å². The third-order valence-electron chi connectivity index (χ3n) is 5.35. The number of rotatable bonds is 10. The monoisotopic (exact) mass is 607 g/mol. The number of aryl methyl sites for hydroxylation is 1. The molecular weight excluding hydrogens is 585 g/mol. The van der Waals surface area contributed by atoms with Crippen molar-refractivity contribution in [3.63, 3.8) is 0 Å². The number of amides is 2. The third kappa shape index (κ3) is 6.86. The highest BCUT2D eigenvalue weighted by Crippen LogP contribution is 2.28. The van der Waals surface area contributed by atoms with Crippen LogP contribution in [0.25, 0.3) is 5.69 Å². The minimum absolute atomic E-state index is 0.0889. The molecule has 2 aromatic heterocycles. The number of carbonyl (C=O) groups is 2. The predicted octanol–water partition coefficient (Wildman–Crippen LogP) is 5.82. The lowest BCUT2D eigenvalue weighted by atomic mass is 10.1. The summed E-state index contributed by atoms with van der Waals surface area (Å²) >= 11 is 16.3. The standard InChI is InChI=1S/C24H23Cl2N7O2S3/c1-4-36-24-32-30-22(38-24)28-20(34)12-37-23-31-29-19(33(23)18-7-5-6-13(2)14(18)3)11-27-21(35)16-9-8-15(25)10-17(16)26/h5-10H,4,11-12H2,1-3H3,(H,27,35)(H,28,30,34). The Bertz CT molecular complexity index is 1480. The largest absolute Gasteiger partial charge is 0.345 e. The van der Waals surface area contributed by atoms with E-state index < -0.39 is 0 Å². The van der Waals surface area contributed by atoms with Gasteiger partial charge in [0, 0.05) is 5.02 Å². The van der Waals surface area contributed by atoms with Gasteiger partial charge in [-0.3, -0.25) is 19.5 Å². The number of nitrogens with zero attached hydrogens (tertiary/aromatic N) is 5. The number of benzene rings is 2. The van der Waals surface area contributed by atoms with Gasteiger partial charge in [0.15, 0.2) is 15.3 Å². The quantitative estimate of drug-likeness (QED) is 0.171. The number of aromatic nitrogens is 5. The zero-order valence-electron chi connectivity index (χ0n) is 20.6. The van der Waals surface area contributed by atoms with Crippen molar-refractivity contribution in [2.24, 2.45) is 0 Å². The first-order valence-electron chi connectivity index (χ1n) is 11.4. The maximum atomic E-state index is 12.8. The van der Waals surface area contributed by atoms with E-state index in [9.17, 15) is 9.59 Å². The van der Waals surface area contributed by atoms with Crippen LogP contribution < -0.4 is 10.6 Å². The van der Waals surface area contributed by atoms with Crippen LogP contribution in [-0.4, -0.2) is 48.3 Å². The van der Waals surface area contributed by atoms with E-state index in [0.29, 0.717) is 26.7 Å². The highest BCUT2D eigenvalue weighted by molar-refractivity contribution is 8.01. The first-order valence-corrected chi connectivity index (χ1v) is 14.9. The van der Waals surface area contributed by atoms with E-state index >= 15 is 0 Å². The molecule has 0 saturated carbocycles. The molecule has 198 valence electrons. The summed E-state index contributed by atoms with van der Waals surface area (Å²) in [7, 11) is 0. The van der Waals surface area contributed by atoms with Crippen molar-refractivity contribution in [2.75, 3.05) is 16.8 Å². The van der Waals surface area contributed by atoms with Crippen LogP contribution in [0.2, 0.25) is 10.0 Å². The van der Waals surface area contributed by atoms with Gasteiger partial charge >= 0.3 is 0 Å². The highest BCUT2D eigenvalue weighted by Gasteiger charge is 2.20. The third-order valence-corrected chi connectivity index (χ3v) is 8.68. The van der Waals surface area contributed by atoms with Gasteiger partial charge in [0.1, 0.15) is 0 Å². The molecular formula is C24H23Cl2N7O2S3. The molecule has 14 heteroatoms. The van der Waals surface area contributed by atoms with Gasteiger partial charge in [0.25, 0.3) is 5.91 Å². The first kappa shape index (κ1) is 28.4. The Morgan fingerprint density at radius 2 is 1.87 bits per heavy atom. The maximum Gasteiger partial charge on any atom is 0.253 e. The fraction of sp³-hybridized carbons (Fsp3) is 0.250. The average molecular weight is 609 g/mol. The Kier molecular flexibility index (Phi) is 9.66. The molecule has 2 amide bonds. The van der Waals surface area contributed by atoms with E-state index in [1.165, 1.54) is 29.2 Å². The summed E-state index contributed by atoms with van der Waals surface area (Å²) in [5, 5.41) is 24.0. The molecule has 38 heavy (non-hydrogen) atoms. The molecule has 0 fully saturated rings. The summed E-state index contributed by atoms with van der Waals surface area (Å²) in [6, 6.07) is 10.6. The second-order valence-corrected chi connectivity index (χ2v) is 12.2. The molecule has 0 spiro atoms. The maximum absolute atomic E-state index is 12.8. The SMILES string of the molecule is CCSc1nnc(NC(=O)CSc2nnc(CNC(=O)c3ccc(Cl)cc3Cl)n2-c2cccc(C)c2C)s1. The summed E-state index contributed by atoms with van der Waals surface area (Å²) < 4.78 is 2.65. The average Bonchev–Trinajstić information content (AvgIpc) is 3.49. The molecule has 4 rings (SSSR count). The van der Waals surface area contributed by atoms with Gasteiger partial charge in [-0.25, -0.2) is 0 Å². The van der Waals surface area contributed by atoms with Gasteiger partial charge < -0.3 is 5.32 Å². The van der Waals surface area contributed by atoms with Crippen molar-refractivity contribution < 1.29 is 9.59 Å². The van der Waals surface area contributed by atoms with Crippen molar-refractivity contribution in [3.05, 3.63) is 69.0 Å². The summed E-state index contributed by atoms with van der Waals surface area (Å²) in [5.74, 6) is 0.869. The zero-order valence-corrected chi connectivity index (χ0v) is 24.6. The van der Waals surface area contributed by atoms with Crippen LogP contribution >= 0.6 is 58.1 Å². The molecule has 0 unspecified atom stereocenters.